The summed E-state index contributed by atoms with van der Waals surface area (Å²) in [6, 6.07) is 4.02. The second-order valence-corrected chi connectivity index (χ2v) is 7.82. The number of hydrogen-bond donors (Lipinski definition) is 1. The molecular weight excluding hydrogens is 315 g/mol. The summed E-state index contributed by atoms with van der Waals surface area (Å²) in [6.07, 6.45) is 2.72. The van der Waals surface area contributed by atoms with Crippen molar-refractivity contribution >= 4 is 21.6 Å². The molecule has 0 saturated carbocycles. The minimum Gasteiger partial charge on any atom is -0.330 e. The van der Waals surface area contributed by atoms with Crippen molar-refractivity contribution in [2.75, 3.05) is 19.6 Å². The Morgan fingerprint density at radius 2 is 2.19 bits per heavy atom. The fraction of sp³-hybridized carbons (Fsp3) is 0.571. The second kappa shape index (κ2) is 7.05. The highest BCUT2D eigenvalue weighted by atomic mass is 35.5. The molecule has 2 N–H and O–H groups in total. The lowest BCUT2D eigenvalue weighted by Gasteiger charge is -2.31. The molecule has 118 valence electrons. The van der Waals surface area contributed by atoms with E-state index < -0.39 is 15.8 Å². The average Bonchev–Trinajstić information content (AvgIpc) is 2.43. The summed E-state index contributed by atoms with van der Waals surface area (Å²) in [5, 5.41) is -0.0534. The van der Waals surface area contributed by atoms with Gasteiger partial charge in [-0.15, -0.1) is 0 Å². The molecule has 1 aliphatic heterocycles. The molecule has 0 radical (unpaired) electrons. The predicted molar refractivity (Wildman–Crippen MR) is 82.0 cm³/mol. The van der Waals surface area contributed by atoms with Crippen LogP contribution in [0.5, 0.6) is 0 Å². The normalized spacial score (nSPS) is 20.6. The quantitative estimate of drug-likeness (QED) is 0.899. The van der Waals surface area contributed by atoms with Crippen LogP contribution in [0.3, 0.4) is 0 Å². The maximum absolute atomic E-state index is 13.1. The van der Waals surface area contributed by atoms with Gasteiger partial charge in [0.15, 0.2) is 0 Å². The molecule has 0 aliphatic carbocycles. The Morgan fingerprint density at radius 1 is 1.43 bits per heavy atom. The third-order valence-electron chi connectivity index (χ3n) is 3.78. The summed E-state index contributed by atoms with van der Waals surface area (Å²) in [7, 11) is -3.41. The number of nitrogens with zero attached hydrogens (tertiary/aromatic N) is 1. The Labute approximate surface area is 130 Å². The van der Waals surface area contributed by atoms with Gasteiger partial charge in [-0.1, -0.05) is 17.7 Å². The molecule has 0 spiro atoms. The van der Waals surface area contributed by atoms with Crippen LogP contribution in [0.15, 0.2) is 18.2 Å². The zero-order valence-corrected chi connectivity index (χ0v) is 13.3. The predicted octanol–water partition coefficient (Wildman–Crippen LogP) is 2.37. The Kier molecular flexibility index (Phi) is 5.60. The van der Waals surface area contributed by atoms with E-state index in [1.807, 2.05) is 0 Å². The molecule has 1 heterocycles. The van der Waals surface area contributed by atoms with Crippen molar-refractivity contribution in [3.63, 3.8) is 0 Å². The van der Waals surface area contributed by atoms with E-state index >= 15 is 0 Å². The van der Waals surface area contributed by atoms with Gasteiger partial charge in [0.1, 0.15) is 5.82 Å². The van der Waals surface area contributed by atoms with Gasteiger partial charge in [0.05, 0.1) is 10.8 Å². The minimum atomic E-state index is -3.41. The number of benzene rings is 1. The monoisotopic (exact) mass is 334 g/mol. The smallest absolute Gasteiger partial charge is 0.218 e. The van der Waals surface area contributed by atoms with Crippen molar-refractivity contribution in [2.24, 2.45) is 11.7 Å². The molecule has 1 atom stereocenters. The summed E-state index contributed by atoms with van der Waals surface area (Å²) in [5.74, 6) is -0.364. The van der Waals surface area contributed by atoms with Crippen LogP contribution in [0.25, 0.3) is 0 Å². The molecule has 7 heteroatoms. The van der Waals surface area contributed by atoms with E-state index in [2.05, 4.69) is 0 Å². The number of piperidine rings is 1. The van der Waals surface area contributed by atoms with E-state index in [0.717, 1.165) is 19.3 Å². The van der Waals surface area contributed by atoms with E-state index in [1.165, 1.54) is 22.5 Å². The van der Waals surface area contributed by atoms with Crippen molar-refractivity contribution < 1.29 is 12.8 Å². The lowest BCUT2D eigenvalue weighted by molar-refractivity contribution is 0.258. The first-order valence-electron chi connectivity index (χ1n) is 7.04. The second-order valence-electron chi connectivity index (χ2n) is 5.45. The maximum Gasteiger partial charge on any atom is 0.218 e. The lowest BCUT2D eigenvalue weighted by Crippen LogP contribution is -2.41. The van der Waals surface area contributed by atoms with Crippen molar-refractivity contribution in [3.8, 4) is 0 Å². The van der Waals surface area contributed by atoms with Crippen LogP contribution >= 0.6 is 11.6 Å². The molecule has 21 heavy (non-hydrogen) atoms. The number of sulfonamides is 1. The van der Waals surface area contributed by atoms with Crippen LogP contribution in [0, 0.1) is 11.7 Å². The van der Waals surface area contributed by atoms with Crippen LogP contribution in [-0.4, -0.2) is 32.4 Å². The van der Waals surface area contributed by atoms with Crippen molar-refractivity contribution in [1.82, 2.24) is 4.31 Å². The van der Waals surface area contributed by atoms with Gasteiger partial charge >= 0.3 is 0 Å². The van der Waals surface area contributed by atoms with Crippen LogP contribution in [0.4, 0.5) is 4.39 Å². The lowest BCUT2D eigenvalue weighted by atomic mass is 9.96. The number of halogens is 2. The van der Waals surface area contributed by atoms with E-state index in [9.17, 15) is 12.8 Å². The van der Waals surface area contributed by atoms with Crippen LogP contribution < -0.4 is 5.73 Å². The molecule has 0 amide bonds. The molecule has 0 aromatic heterocycles. The molecular formula is C14H20ClFN2O2S. The topological polar surface area (TPSA) is 63.4 Å². The highest BCUT2D eigenvalue weighted by Crippen LogP contribution is 2.24. The van der Waals surface area contributed by atoms with E-state index in [-0.39, 0.29) is 10.8 Å². The molecule has 2 rings (SSSR count). The summed E-state index contributed by atoms with van der Waals surface area (Å²) >= 11 is 5.70. The molecule has 4 nitrogen and oxygen atoms in total. The molecule has 1 aromatic rings. The Bertz CT molecular complexity index is 593. The van der Waals surface area contributed by atoms with Gasteiger partial charge in [-0.3, -0.25) is 0 Å². The van der Waals surface area contributed by atoms with E-state index in [1.54, 1.807) is 0 Å². The number of hydrogen-bond acceptors (Lipinski definition) is 3. The van der Waals surface area contributed by atoms with Gasteiger partial charge in [0.2, 0.25) is 10.0 Å². The molecule has 1 saturated heterocycles. The molecule has 1 fully saturated rings. The first-order valence-corrected chi connectivity index (χ1v) is 9.03. The van der Waals surface area contributed by atoms with Crippen molar-refractivity contribution in [2.45, 2.75) is 25.0 Å². The average molecular weight is 335 g/mol. The number of nitrogens with two attached hydrogens (primary N) is 1. The number of rotatable bonds is 5. The van der Waals surface area contributed by atoms with Crippen LogP contribution in [-0.2, 0) is 15.8 Å². The molecule has 1 unspecified atom stereocenters. The van der Waals surface area contributed by atoms with Gasteiger partial charge in [0, 0.05) is 13.1 Å². The van der Waals surface area contributed by atoms with Crippen LogP contribution in [0.1, 0.15) is 24.8 Å². The summed E-state index contributed by atoms with van der Waals surface area (Å²) in [4.78, 5) is 0. The zero-order chi connectivity index (χ0) is 15.5. The Hall–Kier alpha value is -0.690. The van der Waals surface area contributed by atoms with E-state index in [4.69, 9.17) is 17.3 Å². The van der Waals surface area contributed by atoms with Gasteiger partial charge in [-0.05, 0) is 49.4 Å². The SMILES string of the molecule is NCCC1CCCN(S(=O)(=O)Cc2ccc(F)c(Cl)c2)C1. The standard InChI is InChI=1S/C14H20ClFN2O2S/c15-13-8-12(3-4-14(13)16)10-21(19,20)18-7-1-2-11(9-18)5-6-17/h3-4,8,11H,1-2,5-7,9-10,17H2. The molecule has 1 aliphatic rings. The third-order valence-corrected chi connectivity index (χ3v) is 5.89. The third kappa shape index (κ3) is 4.39. The van der Waals surface area contributed by atoms with E-state index in [0.29, 0.717) is 31.1 Å². The fourth-order valence-electron chi connectivity index (χ4n) is 2.68. The van der Waals surface area contributed by atoms with Crippen molar-refractivity contribution in [3.05, 3.63) is 34.6 Å². The van der Waals surface area contributed by atoms with Gasteiger partial charge in [0.25, 0.3) is 0 Å². The largest absolute Gasteiger partial charge is 0.330 e. The van der Waals surface area contributed by atoms with Crippen LogP contribution in [0.2, 0.25) is 5.02 Å². The Morgan fingerprint density at radius 3 is 2.86 bits per heavy atom. The zero-order valence-electron chi connectivity index (χ0n) is 11.8. The highest BCUT2D eigenvalue weighted by molar-refractivity contribution is 7.88. The van der Waals surface area contributed by atoms with Gasteiger partial charge < -0.3 is 5.73 Å². The first-order chi connectivity index (χ1) is 9.92. The molecule has 1 aromatic carbocycles. The summed E-state index contributed by atoms with van der Waals surface area (Å²) in [5.41, 5.74) is 6.05. The maximum atomic E-state index is 13.1. The van der Waals surface area contributed by atoms with Gasteiger partial charge in [-0.2, -0.15) is 0 Å². The summed E-state index contributed by atoms with van der Waals surface area (Å²) < 4.78 is 39.6. The first kappa shape index (κ1) is 16.7. The van der Waals surface area contributed by atoms with Crippen molar-refractivity contribution in [1.29, 1.82) is 0 Å². The fourth-order valence-corrected chi connectivity index (χ4v) is 4.51. The Balaban J connectivity index is 2.08. The van der Waals surface area contributed by atoms with Gasteiger partial charge in [-0.25, -0.2) is 17.1 Å². The minimum absolute atomic E-state index is 0.0534. The highest BCUT2D eigenvalue weighted by Gasteiger charge is 2.28. The molecule has 0 bridgehead atoms. The summed E-state index contributed by atoms with van der Waals surface area (Å²) in [6.45, 7) is 1.64.